The lowest BCUT2D eigenvalue weighted by Crippen LogP contribution is -2.39. The number of benzene rings is 1. The third-order valence-electron chi connectivity index (χ3n) is 3.55. The van der Waals surface area contributed by atoms with Crippen LogP contribution in [0, 0.1) is 0 Å². The second kappa shape index (κ2) is 11.7. The molecule has 1 heterocycles. The van der Waals surface area contributed by atoms with Gasteiger partial charge in [0.05, 0.1) is 13.4 Å². The number of nitrogens with one attached hydrogen (secondary N) is 2. The molecule has 0 fully saturated rings. The zero-order valence-corrected chi connectivity index (χ0v) is 16.6. The molecule has 0 atom stereocenters. The van der Waals surface area contributed by atoms with Gasteiger partial charge in [-0.2, -0.15) is 0 Å². The number of halogens is 1. The first-order chi connectivity index (χ1) is 11.3. The average molecular weight is 443 g/mol. The SMILES string of the molecule is CN=C(NCCCn1ccnc1)NCCc1ccccc1OC.I. The van der Waals surface area contributed by atoms with Gasteiger partial charge in [0.15, 0.2) is 5.96 Å². The van der Waals surface area contributed by atoms with Crippen LogP contribution in [0.1, 0.15) is 12.0 Å². The fourth-order valence-electron chi connectivity index (χ4n) is 2.33. The molecule has 0 amide bonds. The van der Waals surface area contributed by atoms with Crippen LogP contribution in [-0.4, -0.2) is 42.8 Å². The molecule has 0 saturated carbocycles. The first kappa shape index (κ1) is 20.3. The number of guanidine groups is 1. The molecular formula is C17H26IN5O. The minimum absolute atomic E-state index is 0. The van der Waals surface area contributed by atoms with Crippen LogP contribution in [0.5, 0.6) is 5.75 Å². The molecule has 24 heavy (non-hydrogen) atoms. The van der Waals surface area contributed by atoms with Gasteiger partial charge in [-0.1, -0.05) is 18.2 Å². The number of para-hydroxylation sites is 1. The van der Waals surface area contributed by atoms with E-state index in [1.807, 2.05) is 30.7 Å². The van der Waals surface area contributed by atoms with Crippen molar-refractivity contribution in [1.29, 1.82) is 0 Å². The van der Waals surface area contributed by atoms with Gasteiger partial charge in [-0.05, 0) is 24.5 Å². The van der Waals surface area contributed by atoms with Crippen LogP contribution < -0.4 is 15.4 Å². The molecule has 2 aromatic rings. The molecule has 132 valence electrons. The lowest BCUT2D eigenvalue weighted by atomic mass is 10.1. The predicted molar refractivity (Wildman–Crippen MR) is 108 cm³/mol. The number of rotatable bonds is 8. The summed E-state index contributed by atoms with van der Waals surface area (Å²) in [4.78, 5) is 8.27. The van der Waals surface area contributed by atoms with Crippen molar-refractivity contribution in [2.75, 3.05) is 27.2 Å². The Morgan fingerprint density at radius 3 is 2.75 bits per heavy atom. The molecule has 0 unspecified atom stereocenters. The van der Waals surface area contributed by atoms with E-state index in [2.05, 4.69) is 31.2 Å². The fraction of sp³-hybridized carbons (Fsp3) is 0.412. The third-order valence-corrected chi connectivity index (χ3v) is 3.55. The van der Waals surface area contributed by atoms with Crippen molar-refractivity contribution in [2.45, 2.75) is 19.4 Å². The second-order valence-corrected chi connectivity index (χ2v) is 5.14. The van der Waals surface area contributed by atoms with Crippen LogP contribution in [-0.2, 0) is 13.0 Å². The van der Waals surface area contributed by atoms with Crippen LogP contribution in [0.2, 0.25) is 0 Å². The highest BCUT2D eigenvalue weighted by molar-refractivity contribution is 14.0. The first-order valence-corrected chi connectivity index (χ1v) is 7.85. The fourth-order valence-corrected chi connectivity index (χ4v) is 2.33. The highest BCUT2D eigenvalue weighted by atomic mass is 127. The van der Waals surface area contributed by atoms with E-state index < -0.39 is 0 Å². The van der Waals surface area contributed by atoms with Gasteiger partial charge in [0.25, 0.3) is 0 Å². The molecule has 2 N–H and O–H groups in total. The number of aryl methyl sites for hydroxylation is 1. The van der Waals surface area contributed by atoms with E-state index >= 15 is 0 Å². The minimum Gasteiger partial charge on any atom is -0.496 e. The highest BCUT2D eigenvalue weighted by Crippen LogP contribution is 2.17. The Balaban J connectivity index is 0.00000288. The number of imidazole rings is 1. The Morgan fingerprint density at radius 2 is 2.04 bits per heavy atom. The molecule has 2 rings (SSSR count). The van der Waals surface area contributed by atoms with E-state index in [-0.39, 0.29) is 24.0 Å². The maximum Gasteiger partial charge on any atom is 0.190 e. The number of methoxy groups -OCH3 is 1. The van der Waals surface area contributed by atoms with Crippen molar-refractivity contribution in [3.8, 4) is 5.75 Å². The molecular weight excluding hydrogens is 417 g/mol. The van der Waals surface area contributed by atoms with E-state index in [1.54, 1.807) is 20.4 Å². The summed E-state index contributed by atoms with van der Waals surface area (Å²) in [6.07, 6.45) is 7.51. The van der Waals surface area contributed by atoms with Gasteiger partial charge in [0, 0.05) is 39.1 Å². The van der Waals surface area contributed by atoms with Gasteiger partial charge in [0.1, 0.15) is 5.75 Å². The van der Waals surface area contributed by atoms with Crippen LogP contribution in [0.15, 0.2) is 48.0 Å². The molecule has 0 saturated heterocycles. The summed E-state index contributed by atoms with van der Waals surface area (Å²) in [6, 6.07) is 8.08. The van der Waals surface area contributed by atoms with Crippen LogP contribution >= 0.6 is 24.0 Å². The summed E-state index contributed by atoms with van der Waals surface area (Å²) in [7, 11) is 3.49. The standard InChI is InChI=1S/C17H25N5O.HI/c1-18-17(20-9-5-12-22-13-11-19-14-22)21-10-8-15-6-3-4-7-16(15)23-2;/h3-4,6-7,11,13-14H,5,8-10,12H2,1-2H3,(H2,18,20,21);1H. The monoisotopic (exact) mass is 443 g/mol. The van der Waals surface area contributed by atoms with Crippen molar-refractivity contribution in [2.24, 2.45) is 4.99 Å². The maximum atomic E-state index is 5.36. The highest BCUT2D eigenvalue weighted by Gasteiger charge is 2.02. The van der Waals surface area contributed by atoms with E-state index in [9.17, 15) is 0 Å². The zero-order valence-electron chi connectivity index (χ0n) is 14.2. The molecule has 0 bridgehead atoms. The minimum atomic E-state index is 0. The third kappa shape index (κ3) is 6.77. The Morgan fingerprint density at radius 1 is 1.25 bits per heavy atom. The Bertz CT molecular complexity index is 601. The summed E-state index contributed by atoms with van der Waals surface area (Å²) < 4.78 is 7.43. The molecule has 0 spiro atoms. The number of aliphatic imine (C=N–C) groups is 1. The van der Waals surface area contributed by atoms with Crippen LogP contribution in [0.3, 0.4) is 0 Å². The molecule has 1 aromatic carbocycles. The van der Waals surface area contributed by atoms with Crippen molar-refractivity contribution in [3.05, 3.63) is 48.5 Å². The smallest absolute Gasteiger partial charge is 0.190 e. The Labute approximate surface area is 160 Å². The largest absolute Gasteiger partial charge is 0.496 e. The topological polar surface area (TPSA) is 63.5 Å². The summed E-state index contributed by atoms with van der Waals surface area (Å²) in [5.74, 6) is 1.75. The lowest BCUT2D eigenvalue weighted by molar-refractivity contribution is 0.409. The number of hydrogen-bond acceptors (Lipinski definition) is 3. The number of ether oxygens (including phenoxy) is 1. The predicted octanol–water partition coefficient (Wildman–Crippen LogP) is 2.31. The summed E-state index contributed by atoms with van der Waals surface area (Å²) in [5.41, 5.74) is 1.19. The first-order valence-electron chi connectivity index (χ1n) is 7.85. The van der Waals surface area contributed by atoms with Gasteiger partial charge >= 0.3 is 0 Å². The van der Waals surface area contributed by atoms with Crippen LogP contribution in [0.4, 0.5) is 0 Å². The van der Waals surface area contributed by atoms with Gasteiger partial charge < -0.3 is 19.9 Å². The lowest BCUT2D eigenvalue weighted by Gasteiger charge is -2.13. The summed E-state index contributed by atoms with van der Waals surface area (Å²) in [5, 5.41) is 6.65. The molecule has 0 aliphatic carbocycles. The molecule has 0 radical (unpaired) electrons. The maximum absolute atomic E-state index is 5.36. The van der Waals surface area contributed by atoms with Crippen molar-refractivity contribution in [3.63, 3.8) is 0 Å². The quantitative estimate of drug-likeness (QED) is 0.285. The molecule has 1 aromatic heterocycles. The number of nitrogens with zero attached hydrogens (tertiary/aromatic N) is 3. The van der Waals surface area contributed by atoms with E-state index in [0.29, 0.717) is 0 Å². The van der Waals surface area contributed by atoms with Crippen molar-refractivity contribution < 1.29 is 4.74 Å². The molecule has 7 heteroatoms. The molecule has 0 aliphatic rings. The van der Waals surface area contributed by atoms with Gasteiger partial charge in [-0.15, -0.1) is 24.0 Å². The Kier molecular flexibility index (Phi) is 9.90. The molecule has 6 nitrogen and oxygen atoms in total. The second-order valence-electron chi connectivity index (χ2n) is 5.14. The normalized spacial score (nSPS) is 10.8. The Hall–Kier alpha value is -1.77. The van der Waals surface area contributed by atoms with Gasteiger partial charge in [0.2, 0.25) is 0 Å². The van der Waals surface area contributed by atoms with E-state index in [0.717, 1.165) is 44.2 Å². The number of aromatic nitrogens is 2. The van der Waals surface area contributed by atoms with E-state index in [4.69, 9.17) is 4.74 Å². The summed E-state index contributed by atoms with van der Waals surface area (Å²) in [6.45, 7) is 2.62. The van der Waals surface area contributed by atoms with Gasteiger partial charge in [-0.3, -0.25) is 4.99 Å². The van der Waals surface area contributed by atoms with Crippen molar-refractivity contribution >= 4 is 29.9 Å². The van der Waals surface area contributed by atoms with Gasteiger partial charge in [-0.25, -0.2) is 4.98 Å². The summed E-state index contributed by atoms with van der Waals surface area (Å²) >= 11 is 0. The van der Waals surface area contributed by atoms with E-state index in [1.165, 1.54) is 5.56 Å². The molecule has 0 aliphatic heterocycles. The average Bonchev–Trinajstić information content (AvgIpc) is 3.10. The van der Waals surface area contributed by atoms with Crippen molar-refractivity contribution in [1.82, 2.24) is 20.2 Å². The zero-order chi connectivity index (χ0) is 16.3. The van der Waals surface area contributed by atoms with Crippen LogP contribution in [0.25, 0.3) is 0 Å². The number of hydrogen-bond donors (Lipinski definition) is 2.